The van der Waals surface area contributed by atoms with Crippen LogP contribution in [0, 0.1) is 6.92 Å². The van der Waals surface area contributed by atoms with Crippen LogP contribution in [0.3, 0.4) is 0 Å². The zero-order valence-electron chi connectivity index (χ0n) is 20.2. The van der Waals surface area contributed by atoms with E-state index >= 15 is 0 Å². The summed E-state index contributed by atoms with van der Waals surface area (Å²) >= 11 is 0. The molecule has 0 radical (unpaired) electrons. The Morgan fingerprint density at radius 2 is 1.78 bits per heavy atom. The molecular formula is C27H36N2O7S. The number of anilines is 1. The van der Waals surface area contributed by atoms with Crippen molar-refractivity contribution in [3.63, 3.8) is 0 Å². The number of benzene rings is 3. The molecule has 0 aromatic heterocycles. The summed E-state index contributed by atoms with van der Waals surface area (Å²) in [5.74, 6) is 1.25. The Labute approximate surface area is 221 Å². The number of nitrogens with one attached hydrogen (secondary N) is 2. The maximum Gasteiger partial charge on any atom is 0.240 e. The van der Waals surface area contributed by atoms with Crippen molar-refractivity contribution >= 4 is 21.6 Å². The Balaban J connectivity index is 0.00000210. The Kier molecular flexibility index (Phi) is 6.67. The molecule has 5 rings (SSSR count). The van der Waals surface area contributed by atoms with Crippen molar-refractivity contribution in [1.82, 2.24) is 4.72 Å². The van der Waals surface area contributed by atoms with Crippen LogP contribution in [0.5, 0.6) is 11.5 Å². The molecular weight excluding hydrogens is 496 g/mol. The molecule has 1 heterocycles. The lowest BCUT2D eigenvalue weighted by Crippen LogP contribution is -2.33. The van der Waals surface area contributed by atoms with E-state index in [0.717, 1.165) is 35.1 Å². The summed E-state index contributed by atoms with van der Waals surface area (Å²) < 4.78 is 38.0. The van der Waals surface area contributed by atoms with Gasteiger partial charge in [0.25, 0.3) is 0 Å². The molecule has 1 amide bonds. The Morgan fingerprint density at radius 1 is 1.05 bits per heavy atom. The summed E-state index contributed by atoms with van der Waals surface area (Å²) in [7, 11) is -3.83. The number of ether oxygens (including phenoxy) is 2. The normalized spacial score (nSPS) is 16.3. The van der Waals surface area contributed by atoms with Gasteiger partial charge in [-0.3, -0.25) is 4.79 Å². The van der Waals surface area contributed by atoms with E-state index < -0.39 is 28.1 Å². The molecule has 0 bridgehead atoms. The first-order chi connectivity index (χ1) is 17.7. The summed E-state index contributed by atoms with van der Waals surface area (Å²) in [6.07, 6.45) is 0.321. The largest absolute Gasteiger partial charge is 0.454 e. The minimum absolute atomic E-state index is 0. The minimum atomic E-state index is -3.83. The van der Waals surface area contributed by atoms with Crippen molar-refractivity contribution in [3.8, 4) is 22.6 Å². The van der Waals surface area contributed by atoms with Crippen molar-refractivity contribution in [2.45, 2.75) is 36.2 Å². The molecule has 9 nitrogen and oxygen atoms in total. The van der Waals surface area contributed by atoms with Crippen molar-refractivity contribution in [1.29, 1.82) is 0 Å². The second kappa shape index (κ2) is 9.79. The number of hydrogen-bond donors (Lipinski definition) is 4. The van der Waals surface area contributed by atoms with Crippen LogP contribution in [0.2, 0.25) is 0 Å². The van der Waals surface area contributed by atoms with Crippen LogP contribution in [-0.4, -0.2) is 50.6 Å². The average molecular weight is 533 g/mol. The number of carbonyl (C=O) groups is 1. The first-order valence-corrected chi connectivity index (χ1v) is 13.4. The predicted octanol–water partition coefficient (Wildman–Crippen LogP) is 3.68. The van der Waals surface area contributed by atoms with Crippen molar-refractivity contribution < 1.29 is 38.6 Å². The number of aliphatic hydroxyl groups is 2. The van der Waals surface area contributed by atoms with E-state index in [4.69, 9.17) is 14.6 Å². The van der Waals surface area contributed by atoms with E-state index in [1.807, 2.05) is 43.3 Å². The van der Waals surface area contributed by atoms with Crippen LogP contribution in [0.4, 0.5) is 5.69 Å². The van der Waals surface area contributed by atoms with E-state index in [1.54, 1.807) is 12.1 Å². The highest BCUT2D eigenvalue weighted by molar-refractivity contribution is 7.89. The molecule has 0 saturated heterocycles. The highest BCUT2D eigenvalue weighted by Gasteiger charge is 2.51. The van der Waals surface area contributed by atoms with Gasteiger partial charge in [-0.25, -0.2) is 13.1 Å². The van der Waals surface area contributed by atoms with E-state index in [1.165, 1.54) is 12.1 Å². The fourth-order valence-corrected chi connectivity index (χ4v) is 5.47. The van der Waals surface area contributed by atoms with Gasteiger partial charge in [-0.05, 0) is 78.4 Å². The van der Waals surface area contributed by atoms with Crippen LogP contribution in [-0.2, 0) is 20.2 Å². The van der Waals surface area contributed by atoms with Gasteiger partial charge in [0, 0.05) is 17.9 Å². The van der Waals surface area contributed by atoms with Gasteiger partial charge in [0.05, 0.1) is 23.0 Å². The molecule has 1 aliphatic heterocycles. The van der Waals surface area contributed by atoms with Crippen molar-refractivity contribution in [2.75, 3.05) is 25.3 Å². The summed E-state index contributed by atoms with van der Waals surface area (Å²) in [5, 5.41) is 21.4. The van der Waals surface area contributed by atoms with E-state index in [-0.39, 0.29) is 29.8 Å². The second-order valence-electron chi connectivity index (χ2n) is 9.35. The molecule has 10 heteroatoms. The number of carbonyl (C=O) groups excluding carboxylic acids is 1. The monoisotopic (exact) mass is 532 g/mol. The molecule has 2 aliphatic rings. The number of aliphatic hydroxyl groups excluding tert-OH is 2. The highest BCUT2D eigenvalue weighted by Crippen LogP contribution is 2.51. The molecule has 4 N–H and O–H groups in total. The lowest BCUT2D eigenvalue weighted by atomic mass is 9.94. The van der Waals surface area contributed by atoms with Gasteiger partial charge in [-0.1, -0.05) is 24.3 Å². The van der Waals surface area contributed by atoms with Gasteiger partial charge in [-0.15, -0.1) is 0 Å². The van der Waals surface area contributed by atoms with Crippen LogP contribution < -0.4 is 19.5 Å². The van der Waals surface area contributed by atoms with Crippen LogP contribution >= 0.6 is 0 Å². The first-order valence-electron chi connectivity index (χ1n) is 11.9. The predicted molar refractivity (Wildman–Crippen MR) is 145 cm³/mol. The highest BCUT2D eigenvalue weighted by atomic mass is 32.2. The number of sulfonamides is 1. The molecule has 3 aromatic carbocycles. The van der Waals surface area contributed by atoms with Gasteiger partial charge < -0.3 is 25.0 Å². The number of fused-ring (bicyclic) bond motifs is 1. The number of aryl methyl sites for hydroxylation is 1. The standard InChI is InChI=1S/C27H28N2O7S.4H2/c1-17-2-6-20(29-26(32)27(10-11-27)19-5-9-24-25(12-19)36-16-35-24)13-23(17)18-3-7-22(8-4-18)37(33,34)28-14-21(31)15-30;;;;/h2-9,12-13,21,28,30-31H,10-11,14-16H2,1H3,(H,29,32);4*1H/t21-;;;;/m1..../s1. The molecule has 1 saturated carbocycles. The number of rotatable bonds is 9. The number of hydrogen-bond acceptors (Lipinski definition) is 7. The third-order valence-corrected chi connectivity index (χ3v) is 8.24. The van der Waals surface area contributed by atoms with Gasteiger partial charge in [0.1, 0.15) is 0 Å². The SMILES string of the molecule is Cc1ccc(NC(=O)C2(c3ccc4c(c3)OCO4)CC2)cc1-c1ccc(S(=O)(=O)NC[C@@H](O)CO)cc1.[HH].[HH].[HH].[HH]. The quantitative estimate of drug-likeness (QED) is 0.330. The molecule has 1 atom stereocenters. The van der Waals surface area contributed by atoms with E-state index in [9.17, 15) is 18.3 Å². The Hall–Kier alpha value is -3.44. The van der Waals surface area contributed by atoms with E-state index in [0.29, 0.717) is 17.2 Å². The molecule has 37 heavy (non-hydrogen) atoms. The van der Waals surface area contributed by atoms with Crippen molar-refractivity contribution in [3.05, 3.63) is 71.8 Å². The van der Waals surface area contributed by atoms with Crippen LogP contribution in [0.1, 0.15) is 29.7 Å². The lowest BCUT2D eigenvalue weighted by molar-refractivity contribution is -0.118. The molecule has 1 aliphatic carbocycles. The number of amides is 1. The molecule has 3 aromatic rings. The molecule has 202 valence electrons. The van der Waals surface area contributed by atoms with Gasteiger partial charge in [0.15, 0.2) is 11.5 Å². The smallest absolute Gasteiger partial charge is 0.240 e. The van der Waals surface area contributed by atoms with E-state index in [2.05, 4.69) is 10.0 Å². The van der Waals surface area contributed by atoms with Gasteiger partial charge in [0.2, 0.25) is 22.7 Å². The molecule has 0 spiro atoms. The molecule has 1 fully saturated rings. The third kappa shape index (κ3) is 5.05. The third-order valence-electron chi connectivity index (χ3n) is 6.80. The minimum Gasteiger partial charge on any atom is -0.454 e. The van der Waals surface area contributed by atoms with Crippen LogP contribution in [0.15, 0.2) is 65.6 Å². The van der Waals surface area contributed by atoms with Gasteiger partial charge >= 0.3 is 0 Å². The Morgan fingerprint density at radius 3 is 2.49 bits per heavy atom. The fraction of sp³-hybridized carbons (Fsp3) is 0.296. The maximum absolute atomic E-state index is 13.3. The fourth-order valence-electron chi connectivity index (χ4n) is 4.39. The van der Waals surface area contributed by atoms with Crippen molar-refractivity contribution in [2.24, 2.45) is 0 Å². The maximum atomic E-state index is 13.3. The topological polar surface area (TPSA) is 134 Å². The zero-order chi connectivity index (χ0) is 26.2. The summed E-state index contributed by atoms with van der Waals surface area (Å²) in [6.45, 7) is 1.30. The first kappa shape index (κ1) is 25.2. The lowest BCUT2D eigenvalue weighted by Gasteiger charge is -2.17. The Bertz CT molecular complexity index is 1450. The second-order valence-corrected chi connectivity index (χ2v) is 11.1. The average Bonchev–Trinajstić information content (AvgIpc) is 3.59. The summed E-state index contributed by atoms with van der Waals surface area (Å²) in [5.41, 5.74) is 3.57. The van der Waals surface area contributed by atoms with Gasteiger partial charge in [-0.2, -0.15) is 0 Å². The summed E-state index contributed by atoms with van der Waals surface area (Å²) in [4.78, 5) is 13.4. The zero-order valence-corrected chi connectivity index (χ0v) is 21.0. The summed E-state index contributed by atoms with van der Waals surface area (Å²) in [6, 6.07) is 17.6. The van der Waals surface area contributed by atoms with Crippen LogP contribution in [0.25, 0.3) is 11.1 Å². The molecule has 0 unspecified atom stereocenters.